The second-order valence-corrected chi connectivity index (χ2v) is 7.52. The van der Waals surface area contributed by atoms with Crippen LogP contribution in [0.25, 0.3) is 10.6 Å². The molecule has 150 valence electrons. The number of amides is 1. The molecule has 0 fully saturated rings. The number of nitrogens with zero attached hydrogens (tertiary/aromatic N) is 2. The smallest absolute Gasteiger partial charge is 0.312 e. The summed E-state index contributed by atoms with van der Waals surface area (Å²) in [5.41, 5.74) is 3.71. The first-order valence-corrected chi connectivity index (χ1v) is 10.3. The van der Waals surface area contributed by atoms with E-state index >= 15 is 0 Å². The van der Waals surface area contributed by atoms with Crippen LogP contribution in [0.15, 0.2) is 54.2 Å². The Labute approximate surface area is 174 Å². The number of carbonyl (C=O) groups is 2. The summed E-state index contributed by atoms with van der Waals surface area (Å²) < 4.78 is 5.12. The van der Waals surface area contributed by atoms with Crippen LogP contribution >= 0.6 is 11.3 Å². The Morgan fingerprint density at radius 3 is 2.69 bits per heavy atom. The van der Waals surface area contributed by atoms with E-state index in [4.69, 9.17) is 4.74 Å². The van der Waals surface area contributed by atoms with Crippen LogP contribution in [-0.4, -0.2) is 28.5 Å². The number of benzene rings is 1. The lowest BCUT2D eigenvalue weighted by atomic mass is 10.0. The first kappa shape index (κ1) is 20.7. The summed E-state index contributed by atoms with van der Waals surface area (Å²) in [4.78, 5) is 32.8. The number of ether oxygens (including phenoxy) is 1. The molecule has 0 aliphatic carbocycles. The molecular weight excluding hydrogens is 386 g/mol. The Hall–Kier alpha value is -3.06. The Bertz CT molecular complexity index is 955. The van der Waals surface area contributed by atoms with Crippen molar-refractivity contribution in [3.63, 3.8) is 0 Å². The average molecular weight is 410 g/mol. The van der Waals surface area contributed by atoms with E-state index in [1.165, 1.54) is 11.3 Å². The van der Waals surface area contributed by atoms with Crippen molar-refractivity contribution in [1.82, 2.24) is 15.3 Å². The highest BCUT2D eigenvalue weighted by Crippen LogP contribution is 2.23. The standard InChI is InChI=1S/C22H23N3O3S/c1-3-19(16-8-6-15(2)7-9-16)25-20(26)13-28-21(27)11-18-14-29-22(24-18)17-5-4-10-23-12-17/h4-10,12,14,19H,3,11,13H2,1-2H3,(H,25,26)/t19-/m0/s1. The zero-order valence-electron chi connectivity index (χ0n) is 16.4. The number of rotatable bonds is 8. The number of carbonyl (C=O) groups excluding carboxylic acids is 2. The molecule has 0 bridgehead atoms. The van der Waals surface area contributed by atoms with Gasteiger partial charge in [-0.15, -0.1) is 11.3 Å². The Kier molecular flexibility index (Phi) is 7.08. The number of aryl methyl sites for hydroxylation is 1. The van der Waals surface area contributed by atoms with Crippen molar-refractivity contribution in [2.45, 2.75) is 32.7 Å². The number of pyridine rings is 1. The number of hydrogen-bond donors (Lipinski definition) is 1. The first-order chi connectivity index (χ1) is 14.0. The molecular formula is C22H23N3O3S. The topological polar surface area (TPSA) is 81.2 Å². The molecule has 29 heavy (non-hydrogen) atoms. The van der Waals surface area contributed by atoms with Crippen molar-refractivity contribution in [2.75, 3.05) is 6.61 Å². The van der Waals surface area contributed by atoms with Crippen LogP contribution in [0.4, 0.5) is 0 Å². The molecule has 0 aliphatic rings. The van der Waals surface area contributed by atoms with Crippen LogP contribution in [0.1, 0.15) is 36.2 Å². The van der Waals surface area contributed by atoms with E-state index in [0.717, 1.165) is 28.1 Å². The second-order valence-electron chi connectivity index (χ2n) is 6.66. The molecule has 7 heteroatoms. The van der Waals surface area contributed by atoms with E-state index in [9.17, 15) is 9.59 Å². The van der Waals surface area contributed by atoms with E-state index in [1.807, 2.05) is 55.6 Å². The molecule has 2 heterocycles. The predicted octanol–water partition coefficient (Wildman–Crippen LogP) is 3.87. The molecule has 6 nitrogen and oxygen atoms in total. The van der Waals surface area contributed by atoms with E-state index in [1.54, 1.807) is 12.4 Å². The normalized spacial score (nSPS) is 11.7. The van der Waals surface area contributed by atoms with Gasteiger partial charge in [0, 0.05) is 23.3 Å². The maximum Gasteiger partial charge on any atom is 0.312 e. The minimum Gasteiger partial charge on any atom is -0.455 e. The van der Waals surface area contributed by atoms with Gasteiger partial charge < -0.3 is 10.1 Å². The third-order valence-corrected chi connectivity index (χ3v) is 5.31. The van der Waals surface area contributed by atoms with Crippen molar-refractivity contribution < 1.29 is 14.3 Å². The van der Waals surface area contributed by atoms with Crippen LogP contribution in [0, 0.1) is 6.92 Å². The molecule has 0 saturated carbocycles. The monoisotopic (exact) mass is 409 g/mol. The Morgan fingerprint density at radius 1 is 1.21 bits per heavy atom. The minimum absolute atomic E-state index is 0.0270. The van der Waals surface area contributed by atoms with Gasteiger partial charge in [0.15, 0.2) is 6.61 Å². The molecule has 0 spiro atoms. The van der Waals surface area contributed by atoms with Gasteiger partial charge in [0.05, 0.1) is 18.2 Å². The van der Waals surface area contributed by atoms with E-state index in [-0.39, 0.29) is 25.0 Å². The SMILES string of the molecule is CC[C@H](NC(=O)COC(=O)Cc1csc(-c2cccnc2)n1)c1ccc(C)cc1. The molecule has 0 radical (unpaired) electrons. The highest BCUT2D eigenvalue weighted by molar-refractivity contribution is 7.13. The maximum atomic E-state index is 12.2. The van der Waals surface area contributed by atoms with Gasteiger partial charge in [-0.1, -0.05) is 36.8 Å². The summed E-state index contributed by atoms with van der Waals surface area (Å²) in [7, 11) is 0. The fraction of sp³-hybridized carbons (Fsp3) is 0.273. The lowest BCUT2D eigenvalue weighted by Crippen LogP contribution is -2.32. The molecule has 1 amide bonds. The van der Waals surface area contributed by atoms with Crippen LogP contribution in [-0.2, 0) is 20.7 Å². The fourth-order valence-corrected chi connectivity index (χ4v) is 3.62. The van der Waals surface area contributed by atoms with Gasteiger partial charge in [-0.05, 0) is 31.0 Å². The molecule has 1 aromatic carbocycles. The van der Waals surface area contributed by atoms with Gasteiger partial charge in [-0.2, -0.15) is 0 Å². The van der Waals surface area contributed by atoms with Crippen molar-refractivity contribution in [1.29, 1.82) is 0 Å². The highest BCUT2D eigenvalue weighted by Gasteiger charge is 2.15. The zero-order chi connectivity index (χ0) is 20.6. The van der Waals surface area contributed by atoms with Gasteiger partial charge in [0.25, 0.3) is 5.91 Å². The van der Waals surface area contributed by atoms with E-state index in [2.05, 4.69) is 15.3 Å². The number of hydrogen-bond acceptors (Lipinski definition) is 6. The van der Waals surface area contributed by atoms with Gasteiger partial charge in [-0.3, -0.25) is 14.6 Å². The van der Waals surface area contributed by atoms with Crippen LogP contribution in [0.5, 0.6) is 0 Å². The summed E-state index contributed by atoms with van der Waals surface area (Å²) in [5, 5.41) is 5.52. The van der Waals surface area contributed by atoms with Crippen molar-refractivity contribution in [3.05, 3.63) is 71.0 Å². The molecule has 0 saturated heterocycles. The molecule has 3 rings (SSSR count). The predicted molar refractivity (Wildman–Crippen MR) is 112 cm³/mol. The number of nitrogens with one attached hydrogen (secondary N) is 1. The maximum absolute atomic E-state index is 12.2. The Morgan fingerprint density at radius 2 is 2.00 bits per heavy atom. The molecule has 3 aromatic rings. The zero-order valence-corrected chi connectivity index (χ0v) is 17.2. The third kappa shape index (κ3) is 5.96. The number of esters is 1. The van der Waals surface area contributed by atoms with Crippen molar-refractivity contribution >= 4 is 23.2 Å². The van der Waals surface area contributed by atoms with Crippen molar-refractivity contribution in [3.8, 4) is 10.6 Å². The number of thiazole rings is 1. The fourth-order valence-electron chi connectivity index (χ4n) is 2.81. The van der Waals surface area contributed by atoms with Gasteiger partial charge in [-0.25, -0.2) is 4.98 Å². The summed E-state index contributed by atoms with van der Waals surface area (Å²) in [6, 6.07) is 11.7. The summed E-state index contributed by atoms with van der Waals surface area (Å²) >= 11 is 1.44. The lowest BCUT2D eigenvalue weighted by molar-refractivity contribution is -0.148. The van der Waals surface area contributed by atoms with Crippen LogP contribution in [0.2, 0.25) is 0 Å². The minimum atomic E-state index is -0.480. The van der Waals surface area contributed by atoms with Gasteiger partial charge >= 0.3 is 5.97 Å². The molecule has 1 N–H and O–H groups in total. The highest BCUT2D eigenvalue weighted by atomic mass is 32.1. The second kappa shape index (κ2) is 9.93. The molecule has 2 aromatic heterocycles. The largest absolute Gasteiger partial charge is 0.455 e. The summed E-state index contributed by atoms with van der Waals surface area (Å²) in [5.74, 6) is -0.799. The third-order valence-electron chi connectivity index (χ3n) is 4.37. The first-order valence-electron chi connectivity index (χ1n) is 9.41. The van der Waals surface area contributed by atoms with Crippen LogP contribution < -0.4 is 5.32 Å². The van der Waals surface area contributed by atoms with Gasteiger partial charge in [0.1, 0.15) is 5.01 Å². The van der Waals surface area contributed by atoms with Crippen molar-refractivity contribution in [2.24, 2.45) is 0 Å². The summed E-state index contributed by atoms with van der Waals surface area (Å²) in [6.07, 6.45) is 4.20. The molecule has 0 unspecified atom stereocenters. The molecule has 1 atom stereocenters. The van der Waals surface area contributed by atoms with Crippen LogP contribution in [0.3, 0.4) is 0 Å². The Balaban J connectivity index is 1.48. The average Bonchev–Trinajstić information content (AvgIpc) is 3.20. The van der Waals surface area contributed by atoms with E-state index < -0.39 is 5.97 Å². The molecule has 0 aliphatic heterocycles. The lowest BCUT2D eigenvalue weighted by Gasteiger charge is -2.17. The van der Waals surface area contributed by atoms with Gasteiger partial charge in [0.2, 0.25) is 0 Å². The van der Waals surface area contributed by atoms with E-state index in [0.29, 0.717) is 5.69 Å². The number of aromatic nitrogens is 2. The summed E-state index contributed by atoms with van der Waals surface area (Å²) in [6.45, 7) is 3.71. The quantitative estimate of drug-likeness (QED) is 0.571.